The molecule has 0 bridgehead atoms. The number of anilines is 3. The molecule has 0 atom stereocenters. The summed E-state index contributed by atoms with van der Waals surface area (Å²) in [7, 11) is -3.36. The Hall–Kier alpha value is -3.00. The highest BCUT2D eigenvalue weighted by atomic mass is 32.2. The van der Waals surface area contributed by atoms with Gasteiger partial charge in [-0.3, -0.25) is 4.57 Å². The Bertz CT molecular complexity index is 1340. The highest BCUT2D eigenvalue weighted by Crippen LogP contribution is 2.31. The van der Waals surface area contributed by atoms with Crippen LogP contribution in [-0.4, -0.2) is 118 Å². The number of nitrogens with two attached hydrogens (primary N) is 1. The third-order valence-corrected chi connectivity index (χ3v) is 7.24. The Labute approximate surface area is 240 Å². The second-order valence-electron chi connectivity index (χ2n) is 9.03. The van der Waals surface area contributed by atoms with Crippen molar-refractivity contribution in [2.75, 3.05) is 80.5 Å². The van der Waals surface area contributed by atoms with E-state index < -0.39 is 22.7 Å². The van der Waals surface area contributed by atoms with Gasteiger partial charge in [-0.2, -0.15) is 17.5 Å². The number of hydrogen-bond donors (Lipinski definition) is 2. The maximum Gasteiger partial charge on any atom is 0.406 e. The van der Waals surface area contributed by atoms with Crippen molar-refractivity contribution in [1.82, 2.24) is 33.8 Å². The molecule has 0 saturated carbocycles. The molecule has 0 aromatic carbocycles. The molecule has 5 heterocycles. The highest BCUT2D eigenvalue weighted by Gasteiger charge is 2.34. The van der Waals surface area contributed by atoms with E-state index in [1.54, 1.807) is 23.5 Å². The number of ether oxygens (including phenoxy) is 1. The van der Waals surface area contributed by atoms with Crippen molar-refractivity contribution in [1.29, 1.82) is 0 Å². The lowest BCUT2D eigenvalue weighted by Crippen LogP contribution is -2.49. The lowest BCUT2D eigenvalue weighted by molar-refractivity contribution is -0.139. The molecular formula is C22H33F3N10O4S2. The summed E-state index contributed by atoms with van der Waals surface area (Å²) < 4.78 is 78.7. The Balaban J connectivity index is 0.000000354. The topological polar surface area (TPSA) is 169 Å². The standard InChI is InChI=1S/C16H22F3N7O3S.C5H7N3.CH4OS/c1-30(27,28)25-4-2-24(3-5-25)15-22-12-13(23-6-8-29-9-7-23)20-11-21-14(12)26(15)10-16(17,18)19;1-4-2-7-5(6)8-3-4;1-3-2/h11H,2-10H2,1H3;2-3H,1H3,(H2,6,7,8);2H,1H3. The zero-order valence-electron chi connectivity index (χ0n) is 22.8. The number of nitrogen functional groups attached to an aromatic ring is 1. The Kier molecular flexibility index (Phi) is 11.3. The van der Waals surface area contributed by atoms with Crippen molar-refractivity contribution in [2.24, 2.45) is 0 Å². The summed E-state index contributed by atoms with van der Waals surface area (Å²) in [6.07, 6.45) is 2.85. The first-order valence-electron chi connectivity index (χ1n) is 12.4. The van der Waals surface area contributed by atoms with E-state index in [9.17, 15) is 21.6 Å². The largest absolute Gasteiger partial charge is 0.406 e. The van der Waals surface area contributed by atoms with E-state index in [2.05, 4.69) is 24.9 Å². The predicted molar refractivity (Wildman–Crippen MR) is 150 cm³/mol. The van der Waals surface area contributed by atoms with Gasteiger partial charge >= 0.3 is 6.18 Å². The quantitative estimate of drug-likeness (QED) is 0.402. The molecule has 2 aliphatic heterocycles. The van der Waals surface area contributed by atoms with Crippen molar-refractivity contribution >= 4 is 50.9 Å². The number of sulfonamides is 1. The molecule has 3 N–H and O–H groups in total. The first-order valence-corrected chi connectivity index (χ1v) is 15.4. The van der Waals surface area contributed by atoms with E-state index in [1.807, 2.05) is 11.8 Å². The molecular weight excluding hydrogens is 589 g/mol. The van der Waals surface area contributed by atoms with E-state index in [1.165, 1.54) is 10.6 Å². The molecule has 3 aromatic heterocycles. The van der Waals surface area contributed by atoms with Crippen molar-refractivity contribution in [3.8, 4) is 0 Å². The average molecular weight is 623 g/mol. The smallest absolute Gasteiger partial charge is 0.378 e. The van der Waals surface area contributed by atoms with Gasteiger partial charge in [-0.1, -0.05) is 0 Å². The van der Waals surface area contributed by atoms with Crippen LogP contribution in [0.3, 0.4) is 0 Å². The van der Waals surface area contributed by atoms with E-state index in [4.69, 9.17) is 15.0 Å². The molecule has 2 aliphatic rings. The molecule has 14 nitrogen and oxygen atoms in total. The number of hydrogen-bond acceptors (Lipinski definition) is 13. The van der Waals surface area contributed by atoms with Gasteiger partial charge in [0, 0.05) is 57.9 Å². The van der Waals surface area contributed by atoms with E-state index in [0.29, 0.717) is 43.6 Å². The zero-order valence-corrected chi connectivity index (χ0v) is 24.5. The van der Waals surface area contributed by atoms with Crippen LogP contribution < -0.4 is 15.5 Å². The molecule has 228 valence electrons. The number of piperazine rings is 1. The fourth-order valence-electron chi connectivity index (χ4n) is 4.11. The minimum Gasteiger partial charge on any atom is -0.378 e. The van der Waals surface area contributed by atoms with Crippen LogP contribution in [0.1, 0.15) is 5.56 Å². The minimum atomic E-state index is -4.47. The SMILES string of the molecule is CS(=O)(=O)N1CCN(c2nc3c(N4CCOCC4)ncnc3n2CC(F)(F)F)CC1.CSO.Cc1cnc(N)nc1. The summed E-state index contributed by atoms with van der Waals surface area (Å²) >= 11 is 0.750. The summed E-state index contributed by atoms with van der Waals surface area (Å²) in [4.78, 5) is 23.9. The van der Waals surface area contributed by atoms with Crippen molar-refractivity contribution in [3.63, 3.8) is 0 Å². The number of nitrogens with zero attached hydrogens (tertiary/aromatic N) is 9. The minimum absolute atomic E-state index is 0.101. The molecule has 19 heteroatoms. The monoisotopic (exact) mass is 622 g/mol. The normalized spacial score (nSPS) is 16.6. The number of rotatable bonds is 4. The average Bonchev–Trinajstić information content (AvgIpc) is 3.28. The van der Waals surface area contributed by atoms with Gasteiger partial charge in [0.25, 0.3) is 0 Å². The molecule has 2 fully saturated rings. The van der Waals surface area contributed by atoms with E-state index >= 15 is 0 Å². The van der Waals surface area contributed by atoms with Gasteiger partial charge in [-0.15, -0.1) is 0 Å². The molecule has 0 amide bonds. The Morgan fingerprint density at radius 3 is 2.12 bits per heavy atom. The lowest BCUT2D eigenvalue weighted by atomic mass is 10.3. The summed E-state index contributed by atoms with van der Waals surface area (Å²) in [5.74, 6) is 0.918. The van der Waals surface area contributed by atoms with Crippen LogP contribution in [0.15, 0.2) is 18.7 Å². The second-order valence-corrected chi connectivity index (χ2v) is 11.4. The number of halogens is 3. The van der Waals surface area contributed by atoms with Crippen LogP contribution in [0.2, 0.25) is 0 Å². The Morgan fingerprint density at radius 2 is 1.61 bits per heavy atom. The van der Waals surface area contributed by atoms with E-state index in [0.717, 1.165) is 28.4 Å². The van der Waals surface area contributed by atoms with Gasteiger partial charge in [0.1, 0.15) is 12.9 Å². The maximum atomic E-state index is 13.3. The van der Waals surface area contributed by atoms with Crippen LogP contribution in [0, 0.1) is 6.92 Å². The van der Waals surface area contributed by atoms with Gasteiger partial charge in [-0.05, 0) is 24.5 Å². The second kappa shape index (κ2) is 14.3. The maximum absolute atomic E-state index is 13.3. The van der Waals surface area contributed by atoms with Crippen LogP contribution in [0.5, 0.6) is 0 Å². The highest BCUT2D eigenvalue weighted by molar-refractivity contribution is 7.93. The first-order chi connectivity index (χ1) is 19.3. The van der Waals surface area contributed by atoms with Gasteiger partial charge < -0.3 is 24.8 Å². The van der Waals surface area contributed by atoms with Crippen LogP contribution in [0.4, 0.5) is 30.9 Å². The number of alkyl halides is 3. The fourth-order valence-corrected chi connectivity index (χ4v) is 4.93. The number of aryl methyl sites for hydroxylation is 1. The lowest BCUT2D eigenvalue weighted by Gasteiger charge is -2.34. The van der Waals surface area contributed by atoms with Gasteiger partial charge in [-0.25, -0.2) is 33.3 Å². The van der Waals surface area contributed by atoms with Crippen molar-refractivity contribution in [2.45, 2.75) is 19.6 Å². The van der Waals surface area contributed by atoms with Crippen LogP contribution in [-0.2, 0) is 21.3 Å². The number of morpholine rings is 1. The fraction of sp³-hybridized carbons (Fsp3) is 0.591. The third-order valence-electron chi connectivity index (χ3n) is 5.93. The number of fused-ring (bicyclic) bond motifs is 1. The van der Waals surface area contributed by atoms with Gasteiger partial charge in [0.15, 0.2) is 17.0 Å². The first kappa shape index (κ1) is 32.5. The number of imidazole rings is 1. The van der Waals surface area contributed by atoms with Crippen molar-refractivity contribution in [3.05, 3.63) is 24.3 Å². The summed E-state index contributed by atoms with van der Waals surface area (Å²) in [6, 6.07) is 0. The summed E-state index contributed by atoms with van der Waals surface area (Å²) in [5.41, 5.74) is 6.63. The molecule has 0 aliphatic carbocycles. The van der Waals surface area contributed by atoms with Crippen LogP contribution >= 0.6 is 12.0 Å². The van der Waals surface area contributed by atoms with Gasteiger partial charge in [0.2, 0.25) is 21.9 Å². The molecule has 0 unspecified atom stereocenters. The molecule has 0 spiro atoms. The molecule has 0 radical (unpaired) electrons. The molecule has 3 aromatic rings. The predicted octanol–water partition coefficient (Wildman–Crippen LogP) is 1.50. The third kappa shape index (κ3) is 9.25. The summed E-state index contributed by atoms with van der Waals surface area (Å²) in [6.45, 7) is 3.59. The Morgan fingerprint density at radius 1 is 1.02 bits per heavy atom. The van der Waals surface area contributed by atoms with E-state index in [-0.39, 0.29) is 37.8 Å². The summed E-state index contributed by atoms with van der Waals surface area (Å²) in [5, 5.41) is 0. The van der Waals surface area contributed by atoms with Gasteiger partial charge in [0.05, 0.1) is 19.5 Å². The van der Waals surface area contributed by atoms with Crippen molar-refractivity contribution < 1.29 is 30.9 Å². The molecule has 5 rings (SSSR count). The van der Waals surface area contributed by atoms with Crippen LogP contribution in [0.25, 0.3) is 11.2 Å². The number of aromatic nitrogens is 6. The molecule has 41 heavy (non-hydrogen) atoms. The zero-order chi connectivity index (χ0) is 30.2. The molecule has 2 saturated heterocycles.